The molecule has 156 valence electrons. The number of rotatable bonds is 8. The number of allylic oxidation sites excluding steroid dienone is 1. The molecule has 7 heteroatoms. The van der Waals surface area contributed by atoms with Crippen LogP contribution in [-0.2, 0) is 4.79 Å². The van der Waals surface area contributed by atoms with Crippen molar-refractivity contribution in [3.63, 3.8) is 0 Å². The number of carbonyl (C=O) groups is 2. The molecule has 0 spiro atoms. The largest absolute Gasteiger partial charge is 0.490 e. The Hall–Kier alpha value is -3.06. The molecule has 0 aliphatic heterocycles. The van der Waals surface area contributed by atoms with Gasteiger partial charge in [0.15, 0.2) is 23.9 Å². The van der Waals surface area contributed by atoms with E-state index in [9.17, 15) is 9.59 Å². The molecule has 0 bridgehead atoms. The van der Waals surface area contributed by atoms with Crippen LogP contribution in [0.25, 0.3) is 17.0 Å². The molecule has 0 atom stereocenters. The third-order valence-electron chi connectivity index (χ3n) is 4.27. The zero-order chi connectivity index (χ0) is 21.7. The van der Waals surface area contributed by atoms with Crippen molar-refractivity contribution in [2.24, 2.45) is 0 Å². The molecule has 0 saturated heterocycles. The second-order valence-corrected chi connectivity index (χ2v) is 7.54. The molecule has 2 aromatic carbocycles. The molecule has 1 aromatic heterocycles. The summed E-state index contributed by atoms with van der Waals surface area (Å²) in [5.41, 5.74) is 1.41. The molecule has 1 amide bonds. The van der Waals surface area contributed by atoms with Crippen LogP contribution >= 0.6 is 15.9 Å². The molecule has 0 aliphatic carbocycles. The molecule has 1 heterocycles. The van der Waals surface area contributed by atoms with Gasteiger partial charge in [-0.1, -0.05) is 24.3 Å². The molecule has 3 aromatic rings. The molecule has 6 nitrogen and oxygen atoms in total. The minimum Gasteiger partial charge on any atom is -0.490 e. The first-order valence-corrected chi connectivity index (χ1v) is 10.2. The van der Waals surface area contributed by atoms with Gasteiger partial charge < -0.3 is 18.8 Å². The Morgan fingerprint density at radius 3 is 2.60 bits per heavy atom. The van der Waals surface area contributed by atoms with Crippen molar-refractivity contribution < 1.29 is 23.5 Å². The van der Waals surface area contributed by atoms with Gasteiger partial charge in [-0.3, -0.25) is 9.59 Å². The quantitative estimate of drug-likeness (QED) is 0.343. The predicted octanol–water partition coefficient (Wildman–Crippen LogP) is 4.96. The van der Waals surface area contributed by atoms with E-state index in [0.717, 1.165) is 10.9 Å². The summed E-state index contributed by atoms with van der Waals surface area (Å²) < 4.78 is 17.6. The van der Waals surface area contributed by atoms with Crippen LogP contribution in [0.4, 0.5) is 0 Å². The average Bonchev–Trinajstić information content (AvgIpc) is 3.15. The molecular formula is C23H22BrNO5. The monoisotopic (exact) mass is 471 g/mol. The highest BCUT2D eigenvalue weighted by atomic mass is 79.9. The third-order valence-corrected chi connectivity index (χ3v) is 4.86. The number of carbonyl (C=O) groups excluding carboxylic acids is 2. The maximum absolute atomic E-state index is 12.5. The summed E-state index contributed by atoms with van der Waals surface area (Å²) in [7, 11) is 3.33. The van der Waals surface area contributed by atoms with Crippen LogP contribution < -0.4 is 9.47 Å². The number of para-hydroxylation sites is 1. The van der Waals surface area contributed by atoms with Crippen molar-refractivity contribution in [2.45, 2.75) is 6.92 Å². The standard InChI is InChI=1S/C23H22BrNO5/c1-4-28-21-12-15(11-17(24)23(21)29-14-22(27)25(2)3)9-10-18(26)20-13-16-7-5-6-8-19(16)30-20/h5-13H,4,14H2,1-3H3/b10-9+. The van der Waals surface area contributed by atoms with Crippen molar-refractivity contribution in [2.75, 3.05) is 27.3 Å². The second-order valence-electron chi connectivity index (χ2n) is 6.69. The molecule has 0 radical (unpaired) electrons. The van der Waals surface area contributed by atoms with E-state index in [2.05, 4.69) is 15.9 Å². The lowest BCUT2D eigenvalue weighted by atomic mass is 10.1. The smallest absolute Gasteiger partial charge is 0.259 e. The summed E-state index contributed by atoms with van der Waals surface area (Å²) >= 11 is 3.46. The first kappa shape index (κ1) is 21.6. The van der Waals surface area contributed by atoms with E-state index < -0.39 is 0 Å². The number of fused-ring (bicyclic) bond motifs is 1. The van der Waals surface area contributed by atoms with Crippen molar-refractivity contribution in [1.29, 1.82) is 0 Å². The summed E-state index contributed by atoms with van der Waals surface area (Å²) in [6.07, 6.45) is 3.13. The Morgan fingerprint density at radius 2 is 1.90 bits per heavy atom. The van der Waals surface area contributed by atoms with Gasteiger partial charge in [-0.15, -0.1) is 0 Å². The highest BCUT2D eigenvalue weighted by Gasteiger charge is 2.15. The van der Waals surface area contributed by atoms with Crippen molar-refractivity contribution in [3.05, 3.63) is 64.3 Å². The van der Waals surface area contributed by atoms with Crippen molar-refractivity contribution >= 4 is 44.7 Å². The van der Waals surface area contributed by atoms with Crippen molar-refractivity contribution in [1.82, 2.24) is 4.90 Å². The number of hydrogen-bond donors (Lipinski definition) is 0. The minimum absolute atomic E-state index is 0.106. The first-order chi connectivity index (χ1) is 14.4. The van der Waals surface area contributed by atoms with E-state index in [-0.39, 0.29) is 24.1 Å². The van der Waals surface area contributed by atoms with Gasteiger partial charge in [0.1, 0.15) is 5.58 Å². The van der Waals surface area contributed by atoms with Crippen LogP contribution in [0.1, 0.15) is 23.0 Å². The Balaban J connectivity index is 1.81. The van der Waals surface area contributed by atoms with Crippen LogP contribution in [0.3, 0.4) is 0 Å². The fourth-order valence-corrected chi connectivity index (χ4v) is 3.28. The molecule has 0 fully saturated rings. The maximum atomic E-state index is 12.5. The van der Waals surface area contributed by atoms with Gasteiger partial charge in [0, 0.05) is 19.5 Å². The number of benzene rings is 2. The molecule has 0 aliphatic rings. The van der Waals surface area contributed by atoms with Gasteiger partial charge in [0.05, 0.1) is 11.1 Å². The van der Waals surface area contributed by atoms with Gasteiger partial charge in [-0.2, -0.15) is 0 Å². The lowest BCUT2D eigenvalue weighted by Gasteiger charge is -2.16. The lowest BCUT2D eigenvalue weighted by molar-refractivity contribution is -0.130. The van der Waals surface area contributed by atoms with E-state index in [4.69, 9.17) is 13.9 Å². The average molecular weight is 472 g/mol. The number of ketones is 1. The number of ether oxygens (including phenoxy) is 2. The normalized spacial score (nSPS) is 11.1. The van der Waals surface area contributed by atoms with Gasteiger partial charge in [0.25, 0.3) is 5.91 Å². The number of furan rings is 1. The lowest BCUT2D eigenvalue weighted by Crippen LogP contribution is -2.27. The Morgan fingerprint density at radius 1 is 1.13 bits per heavy atom. The Bertz CT molecular complexity index is 1070. The molecule has 3 rings (SSSR count). The van der Waals surface area contributed by atoms with E-state index in [0.29, 0.717) is 28.2 Å². The van der Waals surface area contributed by atoms with Gasteiger partial charge in [0.2, 0.25) is 5.78 Å². The highest BCUT2D eigenvalue weighted by molar-refractivity contribution is 9.10. The van der Waals surface area contributed by atoms with Gasteiger partial charge >= 0.3 is 0 Å². The second kappa shape index (κ2) is 9.63. The third kappa shape index (κ3) is 5.10. The summed E-state index contributed by atoms with van der Waals surface area (Å²) in [6.45, 7) is 2.18. The summed E-state index contributed by atoms with van der Waals surface area (Å²) in [4.78, 5) is 25.8. The summed E-state index contributed by atoms with van der Waals surface area (Å²) in [5.74, 6) is 0.794. The number of likely N-dealkylation sites (N-methyl/N-ethyl adjacent to an activating group) is 1. The first-order valence-electron chi connectivity index (χ1n) is 9.39. The van der Waals surface area contributed by atoms with Crippen LogP contribution in [0.2, 0.25) is 0 Å². The zero-order valence-electron chi connectivity index (χ0n) is 17.0. The fraction of sp³-hybridized carbons (Fsp3) is 0.217. The van der Waals surface area contributed by atoms with Crippen LogP contribution in [0.15, 0.2) is 57.4 Å². The topological polar surface area (TPSA) is 69.0 Å². The van der Waals surface area contributed by atoms with Crippen LogP contribution in [0.5, 0.6) is 11.5 Å². The molecule has 0 saturated carbocycles. The van der Waals surface area contributed by atoms with E-state index in [1.165, 1.54) is 11.0 Å². The molecule has 30 heavy (non-hydrogen) atoms. The Kier molecular flexibility index (Phi) is 6.95. The zero-order valence-corrected chi connectivity index (χ0v) is 18.6. The van der Waals surface area contributed by atoms with Crippen LogP contribution in [0, 0.1) is 0 Å². The SMILES string of the molecule is CCOc1cc(/C=C/C(=O)c2cc3ccccc3o2)cc(Br)c1OCC(=O)N(C)C. The summed E-state index contributed by atoms with van der Waals surface area (Å²) in [5, 5.41) is 0.879. The van der Waals surface area contributed by atoms with Crippen molar-refractivity contribution in [3.8, 4) is 11.5 Å². The number of nitrogens with zero attached hydrogens (tertiary/aromatic N) is 1. The Labute approximate surface area is 183 Å². The summed E-state index contributed by atoms with van der Waals surface area (Å²) in [6, 6.07) is 12.7. The molecular weight excluding hydrogens is 450 g/mol. The van der Waals surface area contributed by atoms with E-state index >= 15 is 0 Å². The van der Waals surface area contributed by atoms with Crippen LogP contribution in [-0.4, -0.2) is 43.9 Å². The molecule has 0 N–H and O–H groups in total. The number of amides is 1. The fourth-order valence-electron chi connectivity index (χ4n) is 2.71. The highest BCUT2D eigenvalue weighted by Crippen LogP contribution is 2.37. The van der Waals surface area contributed by atoms with E-state index in [1.807, 2.05) is 31.2 Å². The number of hydrogen-bond acceptors (Lipinski definition) is 5. The molecule has 0 unspecified atom stereocenters. The van der Waals surface area contributed by atoms with Gasteiger partial charge in [-0.05, 0) is 58.8 Å². The predicted molar refractivity (Wildman–Crippen MR) is 119 cm³/mol. The maximum Gasteiger partial charge on any atom is 0.259 e. The number of halogens is 1. The van der Waals surface area contributed by atoms with Gasteiger partial charge in [-0.25, -0.2) is 0 Å². The van der Waals surface area contributed by atoms with E-state index in [1.54, 1.807) is 38.4 Å². The minimum atomic E-state index is -0.239.